The fourth-order valence-corrected chi connectivity index (χ4v) is 3.43. The van der Waals surface area contributed by atoms with E-state index in [0.717, 1.165) is 24.1 Å². The molecule has 152 valence electrons. The maximum atomic E-state index is 13.0. The third-order valence-electron chi connectivity index (χ3n) is 4.87. The lowest BCUT2D eigenvalue weighted by molar-refractivity contribution is -0.117. The van der Waals surface area contributed by atoms with Crippen molar-refractivity contribution in [2.75, 3.05) is 5.32 Å². The zero-order valence-electron chi connectivity index (χ0n) is 15.8. The van der Waals surface area contributed by atoms with Crippen molar-refractivity contribution < 1.29 is 13.6 Å². The van der Waals surface area contributed by atoms with E-state index in [1.165, 1.54) is 10.7 Å². The van der Waals surface area contributed by atoms with Gasteiger partial charge in [-0.25, -0.2) is 8.78 Å². The lowest BCUT2D eigenvalue weighted by Crippen LogP contribution is -2.21. The van der Waals surface area contributed by atoms with Crippen LogP contribution < -0.4 is 5.32 Å². The van der Waals surface area contributed by atoms with Gasteiger partial charge in [-0.05, 0) is 37.5 Å². The molecule has 1 N–H and O–H groups in total. The van der Waals surface area contributed by atoms with Crippen molar-refractivity contribution >= 4 is 23.3 Å². The Morgan fingerprint density at radius 2 is 2.00 bits per heavy atom. The Hall–Kier alpha value is -2.74. The van der Waals surface area contributed by atoms with Crippen LogP contribution in [0.3, 0.4) is 0 Å². The Labute approximate surface area is 171 Å². The average molecular weight is 420 g/mol. The number of halogens is 3. The van der Waals surface area contributed by atoms with Crippen molar-refractivity contribution in [1.29, 1.82) is 0 Å². The summed E-state index contributed by atoms with van der Waals surface area (Å²) in [5.74, 6) is 0.242. The number of carbonyl (C=O) groups is 1. The van der Waals surface area contributed by atoms with E-state index in [1.54, 1.807) is 10.7 Å². The molecule has 0 unspecified atom stereocenters. The molecule has 1 aromatic carbocycles. The van der Waals surface area contributed by atoms with E-state index in [4.69, 9.17) is 11.6 Å². The van der Waals surface area contributed by atoms with E-state index < -0.39 is 6.43 Å². The number of aryl methyl sites for hydroxylation is 1. The first kappa shape index (κ1) is 19.6. The lowest BCUT2D eigenvalue weighted by atomic mass is 10.2. The van der Waals surface area contributed by atoms with E-state index in [9.17, 15) is 13.6 Å². The second-order valence-corrected chi connectivity index (χ2v) is 7.60. The van der Waals surface area contributed by atoms with Crippen molar-refractivity contribution in [2.45, 2.75) is 45.2 Å². The quantitative estimate of drug-likeness (QED) is 0.611. The Kier molecular flexibility index (Phi) is 5.36. The second-order valence-electron chi connectivity index (χ2n) is 7.19. The molecule has 3 aromatic rings. The molecule has 1 aliphatic rings. The molecule has 1 aliphatic carbocycles. The van der Waals surface area contributed by atoms with Gasteiger partial charge >= 0.3 is 0 Å². The van der Waals surface area contributed by atoms with Crippen LogP contribution in [-0.2, 0) is 17.9 Å². The van der Waals surface area contributed by atoms with Crippen LogP contribution >= 0.6 is 11.6 Å². The maximum Gasteiger partial charge on any atom is 0.282 e. The zero-order valence-corrected chi connectivity index (χ0v) is 16.5. The number of aromatic nitrogens is 4. The van der Waals surface area contributed by atoms with E-state index >= 15 is 0 Å². The summed E-state index contributed by atoms with van der Waals surface area (Å²) in [4.78, 5) is 12.5. The number of hydrogen-bond donors (Lipinski definition) is 1. The lowest BCUT2D eigenvalue weighted by Gasteiger charge is -2.07. The third-order valence-corrected chi connectivity index (χ3v) is 5.24. The second kappa shape index (κ2) is 7.94. The van der Waals surface area contributed by atoms with Gasteiger partial charge in [0.05, 0.1) is 6.54 Å². The van der Waals surface area contributed by atoms with Gasteiger partial charge in [0.25, 0.3) is 6.43 Å². The number of carbonyl (C=O) groups excluding carboxylic acids is 1. The zero-order chi connectivity index (χ0) is 20.5. The van der Waals surface area contributed by atoms with Crippen LogP contribution in [0.2, 0.25) is 5.02 Å². The van der Waals surface area contributed by atoms with Crippen molar-refractivity contribution in [2.24, 2.45) is 0 Å². The van der Waals surface area contributed by atoms with Gasteiger partial charge < -0.3 is 5.32 Å². The maximum absolute atomic E-state index is 13.0. The number of amides is 1. The molecule has 6 nitrogen and oxygen atoms in total. The van der Waals surface area contributed by atoms with Gasteiger partial charge in [0, 0.05) is 28.4 Å². The molecule has 2 aromatic heterocycles. The highest BCUT2D eigenvalue weighted by Gasteiger charge is 2.30. The van der Waals surface area contributed by atoms with Crippen LogP contribution in [0.25, 0.3) is 0 Å². The van der Waals surface area contributed by atoms with Gasteiger partial charge in [-0.2, -0.15) is 10.2 Å². The molecule has 4 rings (SSSR count). The highest BCUT2D eigenvalue weighted by Crippen LogP contribution is 2.41. The van der Waals surface area contributed by atoms with Crippen LogP contribution in [-0.4, -0.2) is 25.5 Å². The molecule has 0 bridgehead atoms. The molecule has 9 heteroatoms. The molecular formula is C20H20ClF2N5O. The first-order chi connectivity index (χ1) is 13.9. The van der Waals surface area contributed by atoms with Gasteiger partial charge in [0.1, 0.15) is 12.2 Å². The minimum absolute atomic E-state index is 0.130. The molecule has 0 radical (unpaired) electrons. The molecule has 29 heavy (non-hydrogen) atoms. The Morgan fingerprint density at radius 1 is 1.24 bits per heavy atom. The Balaban J connectivity index is 1.45. The van der Waals surface area contributed by atoms with Crippen LogP contribution in [0.15, 0.2) is 36.4 Å². The number of rotatable bonds is 7. The Bertz CT molecular complexity index is 1040. The van der Waals surface area contributed by atoms with E-state index in [0.29, 0.717) is 23.1 Å². The van der Waals surface area contributed by atoms with Crippen LogP contribution in [0.5, 0.6) is 0 Å². The van der Waals surface area contributed by atoms with Gasteiger partial charge in [-0.3, -0.25) is 14.2 Å². The fourth-order valence-electron chi connectivity index (χ4n) is 3.23. The van der Waals surface area contributed by atoms with Gasteiger partial charge in [0.2, 0.25) is 5.91 Å². The van der Waals surface area contributed by atoms with E-state index in [2.05, 4.69) is 15.5 Å². The average Bonchev–Trinajstić information content (AvgIpc) is 3.33. The topological polar surface area (TPSA) is 64.7 Å². The Morgan fingerprint density at radius 3 is 2.69 bits per heavy atom. The van der Waals surface area contributed by atoms with E-state index in [-0.39, 0.29) is 24.1 Å². The predicted molar refractivity (Wildman–Crippen MR) is 105 cm³/mol. The molecule has 1 fully saturated rings. The molecule has 2 heterocycles. The number of alkyl halides is 2. The van der Waals surface area contributed by atoms with Gasteiger partial charge in [-0.15, -0.1) is 0 Å². The molecule has 0 spiro atoms. The summed E-state index contributed by atoms with van der Waals surface area (Å²) in [6.07, 6.45) is -0.788. The summed E-state index contributed by atoms with van der Waals surface area (Å²) < 4.78 is 29.1. The molecular weight excluding hydrogens is 400 g/mol. The number of anilines is 1. The first-order valence-corrected chi connectivity index (χ1v) is 9.72. The van der Waals surface area contributed by atoms with Gasteiger partial charge in [-0.1, -0.05) is 29.8 Å². The summed E-state index contributed by atoms with van der Waals surface area (Å²) in [6.45, 7) is 2.23. The monoisotopic (exact) mass is 419 g/mol. The molecule has 1 amide bonds. The predicted octanol–water partition coefficient (Wildman–Crippen LogP) is 4.54. The van der Waals surface area contributed by atoms with Crippen LogP contribution in [0.1, 0.15) is 47.8 Å². The highest BCUT2D eigenvalue weighted by molar-refractivity contribution is 6.31. The molecule has 0 saturated heterocycles. The summed E-state index contributed by atoms with van der Waals surface area (Å²) in [5, 5.41) is 11.7. The number of nitrogens with zero attached hydrogens (tertiary/aromatic N) is 4. The minimum atomic E-state index is -2.65. The first-order valence-electron chi connectivity index (χ1n) is 9.34. The van der Waals surface area contributed by atoms with Crippen LogP contribution in [0.4, 0.5) is 14.6 Å². The summed E-state index contributed by atoms with van der Waals surface area (Å²) >= 11 is 6.20. The summed E-state index contributed by atoms with van der Waals surface area (Å²) in [7, 11) is 0. The normalized spacial score (nSPS) is 13.8. The van der Waals surface area contributed by atoms with Crippen molar-refractivity contribution in [3.05, 3.63) is 64.1 Å². The molecule has 0 atom stereocenters. The van der Waals surface area contributed by atoms with Crippen molar-refractivity contribution in [3.63, 3.8) is 0 Å². The minimum Gasteiger partial charge on any atom is -0.308 e. The SMILES string of the molecule is Cc1cc(NC(=O)Cn2nc(C(F)F)cc2C2CC2)nn1Cc1ccccc1Cl. The van der Waals surface area contributed by atoms with Crippen molar-refractivity contribution in [3.8, 4) is 0 Å². The van der Waals surface area contributed by atoms with E-state index in [1.807, 2.05) is 31.2 Å². The standard InChI is InChI=1S/C20H20ClF2N5O/c1-12-8-18(26-27(12)10-14-4-2-3-5-15(14)21)24-19(29)11-28-17(13-6-7-13)9-16(25-28)20(22)23/h2-5,8-9,13,20H,6-7,10-11H2,1H3,(H,24,26,29). The van der Waals surface area contributed by atoms with Crippen LogP contribution in [0, 0.1) is 6.92 Å². The number of nitrogens with one attached hydrogen (secondary N) is 1. The highest BCUT2D eigenvalue weighted by atomic mass is 35.5. The molecule has 0 aliphatic heterocycles. The number of benzene rings is 1. The van der Waals surface area contributed by atoms with Crippen molar-refractivity contribution in [1.82, 2.24) is 19.6 Å². The van der Waals surface area contributed by atoms with Gasteiger partial charge in [0.15, 0.2) is 5.82 Å². The largest absolute Gasteiger partial charge is 0.308 e. The molecule has 1 saturated carbocycles. The summed E-state index contributed by atoms with van der Waals surface area (Å²) in [5.41, 5.74) is 2.18. The summed E-state index contributed by atoms with van der Waals surface area (Å²) in [6, 6.07) is 10.6. The third kappa shape index (κ3) is 4.48. The fraction of sp³-hybridized carbons (Fsp3) is 0.350. The smallest absolute Gasteiger partial charge is 0.282 e. The number of hydrogen-bond acceptors (Lipinski definition) is 3.